The number of hydrogen-bond donors (Lipinski definition) is 0. The van der Waals surface area contributed by atoms with Gasteiger partial charge in [0.1, 0.15) is 0 Å². The quantitative estimate of drug-likeness (QED) is 0.473. The van der Waals surface area contributed by atoms with Gasteiger partial charge in [-0.2, -0.15) is 0 Å². The summed E-state index contributed by atoms with van der Waals surface area (Å²) in [5.74, 6) is 0.114. The van der Waals surface area contributed by atoms with Gasteiger partial charge in [-0.15, -0.1) is 0 Å². The Hall–Kier alpha value is 0.200. The van der Waals surface area contributed by atoms with Crippen LogP contribution in [0.25, 0.3) is 0 Å². The van der Waals surface area contributed by atoms with E-state index in [2.05, 4.69) is 0 Å². The minimum Gasteiger partial charge on any atom is -0.286 e. The maximum absolute atomic E-state index is 10.3. The molecule has 0 N–H and O–H groups in total. The van der Waals surface area contributed by atoms with Gasteiger partial charge in [0.2, 0.25) is 5.91 Å². The summed E-state index contributed by atoms with van der Waals surface area (Å²) in [5, 5.41) is 0. The number of hydrogen-bond acceptors (Lipinski definition) is 1. The molecule has 2 nitrogen and oxygen atoms in total. The normalized spacial score (nSPS) is 8.43. The summed E-state index contributed by atoms with van der Waals surface area (Å²) in [6.45, 7) is 4.28. The van der Waals surface area contributed by atoms with E-state index in [1.165, 1.54) is 0 Å². The number of rotatable bonds is 1. The summed E-state index contributed by atoms with van der Waals surface area (Å²) >= 11 is 1.98. The van der Waals surface area contributed by atoms with E-state index < -0.39 is 0 Å². The maximum atomic E-state index is 10.3. The summed E-state index contributed by atoms with van der Waals surface area (Å²) < 4.78 is 1.62. The van der Waals surface area contributed by atoms with Crippen molar-refractivity contribution in [3.05, 3.63) is 0 Å². The largest absolute Gasteiger partial charge is 0.286 e. The highest BCUT2D eigenvalue weighted by Crippen LogP contribution is 1.95. The number of halogens is 1. The van der Waals surface area contributed by atoms with Crippen LogP contribution in [0.3, 0.4) is 0 Å². The van der Waals surface area contributed by atoms with Gasteiger partial charge in [-0.3, -0.25) is 7.91 Å². The molecular formula is C4H8INO. The highest BCUT2D eigenvalue weighted by Gasteiger charge is 1.96. The summed E-state index contributed by atoms with van der Waals surface area (Å²) in [5.41, 5.74) is 0. The van der Waals surface area contributed by atoms with Crippen LogP contribution < -0.4 is 0 Å². The molecule has 0 saturated carbocycles. The first-order valence-corrected chi connectivity index (χ1v) is 3.08. The van der Waals surface area contributed by atoms with Crippen molar-refractivity contribution in [1.82, 2.24) is 3.11 Å². The van der Waals surface area contributed by atoms with Gasteiger partial charge in [0.25, 0.3) is 0 Å². The van der Waals surface area contributed by atoms with Gasteiger partial charge >= 0.3 is 0 Å². The third-order valence-corrected chi connectivity index (χ3v) is 1.98. The zero-order chi connectivity index (χ0) is 5.86. The van der Waals surface area contributed by atoms with Crippen LogP contribution in [0.2, 0.25) is 0 Å². The predicted molar refractivity (Wildman–Crippen MR) is 37.1 cm³/mol. The Morgan fingerprint density at radius 3 is 2.29 bits per heavy atom. The van der Waals surface area contributed by atoms with E-state index >= 15 is 0 Å². The van der Waals surface area contributed by atoms with E-state index in [0.717, 1.165) is 6.54 Å². The molecule has 0 aromatic heterocycles. The van der Waals surface area contributed by atoms with Crippen LogP contribution in [0.1, 0.15) is 13.8 Å². The second-order valence-corrected chi connectivity index (χ2v) is 2.36. The Morgan fingerprint density at radius 2 is 2.29 bits per heavy atom. The molecule has 0 aromatic carbocycles. The van der Waals surface area contributed by atoms with Crippen LogP contribution in [0.5, 0.6) is 0 Å². The van der Waals surface area contributed by atoms with Crippen molar-refractivity contribution >= 4 is 28.8 Å². The molecule has 42 valence electrons. The zero-order valence-electron chi connectivity index (χ0n) is 4.44. The van der Waals surface area contributed by atoms with Crippen molar-refractivity contribution in [3.8, 4) is 0 Å². The lowest BCUT2D eigenvalue weighted by atomic mass is 10.6. The molecule has 0 radical (unpaired) electrons. The summed E-state index contributed by atoms with van der Waals surface area (Å²) in [4.78, 5) is 10.3. The van der Waals surface area contributed by atoms with Crippen molar-refractivity contribution in [1.29, 1.82) is 0 Å². The SMILES string of the molecule is CCN(I)C(C)=O. The fourth-order valence-electron chi connectivity index (χ4n) is 0.223. The first kappa shape index (κ1) is 7.20. The standard InChI is InChI=1S/C4H8INO/c1-3-6(5)4(2)7/h3H2,1-2H3. The molecule has 0 rings (SSSR count). The lowest BCUT2D eigenvalue weighted by Crippen LogP contribution is -2.15. The average Bonchev–Trinajstić information content (AvgIpc) is 1.65. The lowest BCUT2D eigenvalue weighted by Gasteiger charge is -2.05. The van der Waals surface area contributed by atoms with Gasteiger partial charge in [-0.25, -0.2) is 0 Å². The topological polar surface area (TPSA) is 20.3 Å². The molecular weight excluding hydrogens is 205 g/mol. The van der Waals surface area contributed by atoms with Gasteiger partial charge < -0.3 is 0 Å². The molecule has 7 heavy (non-hydrogen) atoms. The Labute approximate surface area is 57.4 Å². The summed E-state index contributed by atoms with van der Waals surface area (Å²) in [6, 6.07) is 0. The molecule has 0 aliphatic carbocycles. The lowest BCUT2D eigenvalue weighted by molar-refractivity contribution is -0.122. The molecule has 0 aliphatic rings. The number of amides is 1. The molecule has 0 atom stereocenters. The van der Waals surface area contributed by atoms with Crippen molar-refractivity contribution in [3.63, 3.8) is 0 Å². The Bertz CT molecular complexity index is 74.1. The van der Waals surface area contributed by atoms with E-state index in [4.69, 9.17) is 0 Å². The molecule has 0 bridgehead atoms. The van der Waals surface area contributed by atoms with E-state index in [-0.39, 0.29) is 5.91 Å². The molecule has 0 heterocycles. The molecule has 0 aromatic rings. The van der Waals surface area contributed by atoms with Crippen LogP contribution in [0.15, 0.2) is 0 Å². The molecule has 0 fully saturated rings. The minimum atomic E-state index is 0.114. The molecule has 0 spiro atoms. The fraction of sp³-hybridized carbons (Fsp3) is 0.750. The van der Waals surface area contributed by atoms with Crippen LogP contribution in [-0.4, -0.2) is 15.6 Å². The van der Waals surface area contributed by atoms with Crippen LogP contribution in [0, 0.1) is 0 Å². The Balaban J connectivity index is 3.34. The molecule has 1 amide bonds. The van der Waals surface area contributed by atoms with Crippen LogP contribution in [0.4, 0.5) is 0 Å². The summed E-state index contributed by atoms with van der Waals surface area (Å²) in [7, 11) is 0. The predicted octanol–water partition coefficient (Wildman–Crippen LogP) is 1.20. The summed E-state index contributed by atoms with van der Waals surface area (Å²) in [6.07, 6.45) is 0. The second-order valence-electron chi connectivity index (χ2n) is 1.20. The van der Waals surface area contributed by atoms with E-state index in [0.29, 0.717) is 0 Å². The second kappa shape index (κ2) is 3.23. The highest BCUT2D eigenvalue weighted by molar-refractivity contribution is 14.1. The highest BCUT2D eigenvalue weighted by atomic mass is 127. The monoisotopic (exact) mass is 213 g/mol. The van der Waals surface area contributed by atoms with Gasteiger partial charge in [-0.1, -0.05) is 0 Å². The van der Waals surface area contributed by atoms with Gasteiger partial charge in [0.05, 0.1) is 22.9 Å². The van der Waals surface area contributed by atoms with Gasteiger partial charge in [-0.05, 0) is 6.92 Å². The van der Waals surface area contributed by atoms with Gasteiger partial charge in [0, 0.05) is 13.5 Å². The number of carbonyl (C=O) groups excluding carboxylic acids is 1. The Morgan fingerprint density at radius 1 is 1.86 bits per heavy atom. The van der Waals surface area contributed by atoms with E-state index in [1.807, 2.05) is 29.8 Å². The van der Waals surface area contributed by atoms with Crippen molar-refractivity contribution in [2.24, 2.45) is 0 Å². The van der Waals surface area contributed by atoms with E-state index in [1.54, 1.807) is 10.0 Å². The number of carbonyl (C=O) groups is 1. The fourth-order valence-corrected chi connectivity index (χ4v) is 0.223. The maximum Gasteiger partial charge on any atom is 0.228 e. The van der Waals surface area contributed by atoms with Gasteiger partial charge in [0.15, 0.2) is 0 Å². The smallest absolute Gasteiger partial charge is 0.228 e. The van der Waals surface area contributed by atoms with Crippen molar-refractivity contribution in [2.75, 3.05) is 6.54 Å². The Kier molecular flexibility index (Phi) is 3.33. The van der Waals surface area contributed by atoms with Crippen molar-refractivity contribution < 1.29 is 4.79 Å². The third-order valence-electron chi connectivity index (χ3n) is 0.619. The number of nitrogens with zero attached hydrogens (tertiary/aromatic N) is 1. The first-order valence-electron chi connectivity index (χ1n) is 2.12. The van der Waals surface area contributed by atoms with Crippen molar-refractivity contribution in [2.45, 2.75) is 13.8 Å². The minimum absolute atomic E-state index is 0.114. The zero-order valence-corrected chi connectivity index (χ0v) is 6.60. The molecule has 0 saturated heterocycles. The molecule has 3 heteroatoms. The molecule has 0 unspecified atom stereocenters. The van der Waals surface area contributed by atoms with E-state index in [9.17, 15) is 4.79 Å². The third kappa shape index (κ3) is 2.85. The average molecular weight is 213 g/mol. The van der Waals surface area contributed by atoms with Crippen LogP contribution in [-0.2, 0) is 4.79 Å². The first-order chi connectivity index (χ1) is 3.18. The molecule has 0 aliphatic heterocycles. The van der Waals surface area contributed by atoms with Crippen LogP contribution >= 0.6 is 22.9 Å².